The lowest BCUT2D eigenvalue weighted by Gasteiger charge is -2.27. The van der Waals surface area contributed by atoms with Gasteiger partial charge in [0.1, 0.15) is 18.1 Å². The van der Waals surface area contributed by atoms with E-state index in [1.165, 1.54) is 0 Å². The molecule has 0 aromatic heterocycles. The van der Waals surface area contributed by atoms with E-state index >= 15 is 0 Å². The van der Waals surface area contributed by atoms with Crippen molar-refractivity contribution in [1.29, 1.82) is 0 Å². The Labute approximate surface area is 214 Å². The molecular weight excluding hydrogens is 486 g/mol. The van der Waals surface area contributed by atoms with Crippen molar-refractivity contribution in [2.24, 2.45) is 17.4 Å². The largest absolute Gasteiger partial charge is 0.481 e. The lowest BCUT2D eigenvalue weighted by atomic mass is 10.00. The monoisotopic (exact) mass is 521 g/mol. The summed E-state index contributed by atoms with van der Waals surface area (Å²) in [6.45, 7) is 3.27. The van der Waals surface area contributed by atoms with E-state index < -0.39 is 65.7 Å². The highest BCUT2D eigenvalue weighted by Crippen LogP contribution is 2.08. The molecule has 4 unspecified atom stereocenters. The molecule has 0 aliphatic carbocycles. The van der Waals surface area contributed by atoms with Crippen molar-refractivity contribution in [3.05, 3.63) is 35.9 Å². The van der Waals surface area contributed by atoms with Gasteiger partial charge in [-0.1, -0.05) is 44.2 Å². The molecule has 0 heterocycles. The average molecular weight is 522 g/mol. The standard InChI is InChI=1S/C24H35N5O8/c1-13(2)20(23(35)28-17(24(36)37)12-14-6-4-3-5-7-14)29-22(34)16(9-10-18(26)30)27-21(33)15(25)8-11-19(31)32/h3-7,13,15-17,20H,8-12,25H2,1-2H3,(H2,26,30)(H,27,33)(H,28,35)(H,29,34)(H,31,32)(H,36,37). The second-order valence-corrected chi connectivity index (χ2v) is 8.92. The molecule has 4 amide bonds. The van der Waals surface area contributed by atoms with Crippen LogP contribution in [0.25, 0.3) is 0 Å². The van der Waals surface area contributed by atoms with Crippen LogP contribution in [0.15, 0.2) is 30.3 Å². The van der Waals surface area contributed by atoms with Crippen molar-refractivity contribution < 1.29 is 39.0 Å². The first-order valence-corrected chi connectivity index (χ1v) is 11.7. The first kappa shape index (κ1) is 31.0. The smallest absolute Gasteiger partial charge is 0.326 e. The molecule has 0 spiro atoms. The SMILES string of the molecule is CC(C)C(NC(=O)C(CCC(N)=O)NC(=O)C(N)CCC(=O)O)C(=O)NC(Cc1ccccc1)C(=O)O. The third-order valence-corrected chi connectivity index (χ3v) is 5.46. The van der Waals surface area contributed by atoms with Gasteiger partial charge < -0.3 is 37.6 Å². The Balaban J connectivity index is 2.97. The van der Waals surface area contributed by atoms with Crippen LogP contribution in [0.5, 0.6) is 0 Å². The molecule has 0 bridgehead atoms. The van der Waals surface area contributed by atoms with Crippen LogP contribution in [0.3, 0.4) is 0 Å². The van der Waals surface area contributed by atoms with E-state index in [1.54, 1.807) is 44.2 Å². The highest BCUT2D eigenvalue weighted by molar-refractivity contribution is 5.94. The van der Waals surface area contributed by atoms with E-state index in [0.717, 1.165) is 0 Å². The van der Waals surface area contributed by atoms with E-state index in [9.17, 15) is 33.9 Å². The zero-order chi connectivity index (χ0) is 28.1. The van der Waals surface area contributed by atoms with Gasteiger partial charge in [-0.25, -0.2) is 4.79 Å². The summed E-state index contributed by atoms with van der Waals surface area (Å²) in [6.07, 6.45) is -0.987. The van der Waals surface area contributed by atoms with Crippen LogP contribution >= 0.6 is 0 Å². The maximum Gasteiger partial charge on any atom is 0.326 e. The van der Waals surface area contributed by atoms with Gasteiger partial charge in [0.15, 0.2) is 0 Å². The van der Waals surface area contributed by atoms with Crippen molar-refractivity contribution in [1.82, 2.24) is 16.0 Å². The Kier molecular flexibility index (Phi) is 12.7. The van der Waals surface area contributed by atoms with Gasteiger partial charge in [0, 0.05) is 19.3 Å². The fraction of sp³-hybridized carbons (Fsp3) is 0.500. The topological polar surface area (TPSA) is 231 Å². The van der Waals surface area contributed by atoms with E-state index in [0.29, 0.717) is 5.56 Å². The van der Waals surface area contributed by atoms with Crippen molar-refractivity contribution in [3.63, 3.8) is 0 Å². The van der Waals surface area contributed by atoms with Gasteiger partial charge in [0.25, 0.3) is 0 Å². The van der Waals surface area contributed by atoms with Crippen molar-refractivity contribution in [3.8, 4) is 0 Å². The second kappa shape index (κ2) is 15.2. The molecule has 1 rings (SSSR count). The van der Waals surface area contributed by atoms with Crippen LogP contribution in [0, 0.1) is 5.92 Å². The summed E-state index contributed by atoms with van der Waals surface area (Å²) in [5.41, 5.74) is 11.5. The summed E-state index contributed by atoms with van der Waals surface area (Å²) in [7, 11) is 0. The molecule has 0 saturated carbocycles. The van der Waals surface area contributed by atoms with Gasteiger partial charge in [0.05, 0.1) is 6.04 Å². The number of carbonyl (C=O) groups is 6. The molecule has 0 saturated heterocycles. The van der Waals surface area contributed by atoms with Gasteiger partial charge in [-0.15, -0.1) is 0 Å². The van der Waals surface area contributed by atoms with E-state index in [4.69, 9.17) is 16.6 Å². The quantitative estimate of drug-likeness (QED) is 0.139. The van der Waals surface area contributed by atoms with E-state index in [-0.39, 0.29) is 32.1 Å². The van der Waals surface area contributed by atoms with Crippen LogP contribution in [0.2, 0.25) is 0 Å². The molecule has 0 fully saturated rings. The normalized spacial score (nSPS) is 14.1. The Morgan fingerprint density at radius 1 is 0.811 bits per heavy atom. The van der Waals surface area contributed by atoms with Gasteiger partial charge in [-0.3, -0.25) is 24.0 Å². The maximum absolute atomic E-state index is 13.0. The number of amides is 4. The molecule has 0 radical (unpaired) electrons. The number of carbonyl (C=O) groups excluding carboxylic acids is 4. The zero-order valence-corrected chi connectivity index (χ0v) is 20.8. The van der Waals surface area contributed by atoms with Crippen LogP contribution < -0.4 is 27.4 Å². The number of carboxylic acid groups (broad SMARTS) is 2. The Hall–Kier alpha value is -4.00. The number of benzene rings is 1. The molecule has 4 atom stereocenters. The summed E-state index contributed by atoms with van der Waals surface area (Å²) >= 11 is 0. The molecule has 1 aromatic carbocycles. The van der Waals surface area contributed by atoms with Gasteiger partial charge in [0.2, 0.25) is 23.6 Å². The van der Waals surface area contributed by atoms with Crippen LogP contribution in [0.4, 0.5) is 0 Å². The number of hydrogen-bond acceptors (Lipinski definition) is 7. The Bertz CT molecular complexity index is 969. The predicted octanol–water partition coefficient (Wildman–Crippen LogP) is -1.12. The minimum atomic E-state index is -1.30. The average Bonchev–Trinajstić information content (AvgIpc) is 2.82. The molecule has 204 valence electrons. The van der Waals surface area contributed by atoms with Gasteiger partial charge in [-0.2, -0.15) is 0 Å². The number of nitrogens with two attached hydrogens (primary N) is 2. The molecule has 0 aliphatic heterocycles. The van der Waals surface area contributed by atoms with Crippen LogP contribution in [-0.2, 0) is 35.2 Å². The van der Waals surface area contributed by atoms with Crippen molar-refractivity contribution >= 4 is 35.6 Å². The molecule has 9 N–H and O–H groups in total. The summed E-state index contributed by atoms with van der Waals surface area (Å²) in [4.78, 5) is 72.1. The summed E-state index contributed by atoms with van der Waals surface area (Å²) < 4.78 is 0. The molecule has 13 heteroatoms. The predicted molar refractivity (Wildman–Crippen MR) is 132 cm³/mol. The first-order valence-electron chi connectivity index (χ1n) is 11.7. The van der Waals surface area contributed by atoms with E-state index in [2.05, 4.69) is 16.0 Å². The summed E-state index contributed by atoms with van der Waals surface area (Å²) in [5.74, 6) is -5.98. The molecule has 1 aromatic rings. The zero-order valence-electron chi connectivity index (χ0n) is 20.8. The molecule has 0 aliphatic rings. The van der Waals surface area contributed by atoms with E-state index in [1.807, 2.05) is 0 Å². The number of hydrogen-bond donors (Lipinski definition) is 7. The summed E-state index contributed by atoms with van der Waals surface area (Å²) in [5, 5.41) is 25.6. The van der Waals surface area contributed by atoms with Crippen LogP contribution in [-0.4, -0.2) is 69.9 Å². The van der Waals surface area contributed by atoms with Crippen LogP contribution in [0.1, 0.15) is 45.1 Å². The maximum atomic E-state index is 13.0. The first-order chi connectivity index (χ1) is 17.3. The fourth-order valence-electron chi connectivity index (χ4n) is 3.34. The molecule has 13 nitrogen and oxygen atoms in total. The van der Waals surface area contributed by atoms with Gasteiger partial charge in [-0.05, 0) is 24.3 Å². The number of aliphatic carboxylic acids is 2. The number of primary amides is 1. The molecular formula is C24H35N5O8. The minimum Gasteiger partial charge on any atom is -0.481 e. The highest BCUT2D eigenvalue weighted by atomic mass is 16.4. The minimum absolute atomic E-state index is 0.0200. The third-order valence-electron chi connectivity index (χ3n) is 5.46. The Morgan fingerprint density at radius 3 is 1.92 bits per heavy atom. The number of nitrogens with one attached hydrogen (secondary N) is 3. The third kappa shape index (κ3) is 11.5. The second-order valence-electron chi connectivity index (χ2n) is 8.92. The lowest BCUT2D eigenvalue weighted by molar-refractivity contribution is -0.142. The number of carboxylic acids is 2. The Morgan fingerprint density at radius 2 is 1.41 bits per heavy atom. The highest BCUT2D eigenvalue weighted by Gasteiger charge is 2.32. The van der Waals surface area contributed by atoms with Crippen molar-refractivity contribution in [2.75, 3.05) is 0 Å². The van der Waals surface area contributed by atoms with Crippen molar-refractivity contribution in [2.45, 2.75) is 70.1 Å². The number of rotatable bonds is 16. The van der Waals surface area contributed by atoms with Gasteiger partial charge >= 0.3 is 11.9 Å². The fourth-order valence-corrected chi connectivity index (χ4v) is 3.34. The molecule has 37 heavy (non-hydrogen) atoms. The lowest BCUT2D eigenvalue weighted by Crippen LogP contribution is -2.58. The summed E-state index contributed by atoms with van der Waals surface area (Å²) in [6, 6.07) is 3.73.